The lowest BCUT2D eigenvalue weighted by molar-refractivity contribution is -0.275. The highest BCUT2D eigenvalue weighted by Crippen LogP contribution is 2.30. The summed E-state index contributed by atoms with van der Waals surface area (Å²) in [4.78, 5) is 0. The summed E-state index contributed by atoms with van der Waals surface area (Å²) in [5.74, 6) is 0.0714. The predicted molar refractivity (Wildman–Crippen MR) is 52.4 cm³/mol. The van der Waals surface area contributed by atoms with E-state index in [1.165, 1.54) is 19.2 Å². The molecule has 2 nitrogen and oxygen atoms in total. The van der Waals surface area contributed by atoms with E-state index in [-0.39, 0.29) is 5.75 Å². The quantitative estimate of drug-likeness (QED) is 0.780. The summed E-state index contributed by atoms with van der Waals surface area (Å²) in [5.41, 5.74) is 0. The predicted octanol–water partition coefficient (Wildman–Crippen LogP) is 3.20. The van der Waals surface area contributed by atoms with Crippen LogP contribution in [0.25, 0.3) is 0 Å². The summed E-state index contributed by atoms with van der Waals surface area (Å²) in [6.07, 6.45) is -4.67. The third-order valence-electron chi connectivity index (χ3n) is 1.36. The van der Waals surface area contributed by atoms with Gasteiger partial charge in [-0.3, -0.25) is 0 Å². The zero-order chi connectivity index (χ0) is 10.8. The maximum atomic E-state index is 11.9. The van der Waals surface area contributed by atoms with Crippen molar-refractivity contribution in [2.75, 3.05) is 7.11 Å². The zero-order valence-electron chi connectivity index (χ0n) is 7.06. The van der Waals surface area contributed by atoms with Crippen molar-refractivity contribution >= 4 is 22.6 Å². The Kier molecular flexibility index (Phi) is 3.46. The second-order valence-electron chi connectivity index (χ2n) is 2.34. The Balaban J connectivity index is 2.95. The molecule has 78 valence electrons. The molecule has 0 bridgehead atoms. The first kappa shape index (κ1) is 11.4. The topological polar surface area (TPSA) is 18.5 Å². The second-order valence-corrected chi connectivity index (χ2v) is 3.51. The number of ether oxygens (including phenoxy) is 2. The minimum atomic E-state index is -4.67. The lowest BCUT2D eigenvalue weighted by Crippen LogP contribution is -2.17. The van der Waals surface area contributed by atoms with Crippen molar-refractivity contribution in [2.24, 2.45) is 0 Å². The zero-order valence-corrected chi connectivity index (χ0v) is 9.22. The smallest absolute Gasteiger partial charge is 0.497 e. The van der Waals surface area contributed by atoms with E-state index in [4.69, 9.17) is 4.74 Å². The summed E-state index contributed by atoms with van der Waals surface area (Å²) in [5, 5.41) is 0. The van der Waals surface area contributed by atoms with Crippen LogP contribution in [-0.4, -0.2) is 13.5 Å². The molecule has 0 aliphatic heterocycles. The molecule has 1 rings (SSSR count). The summed E-state index contributed by atoms with van der Waals surface area (Å²) in [6.45, 7) is 0. The van der Waals surface area contributed by atoms with Crippen molar-refractivity contribution in [1.29, 1.82) is 0 Å². The van der Waals surface area contributed by atoms with E-state index >= 15 is 0 Å². The minimum absolute atomic E-state index is 0.252. The molecule has 1 aromatic rings. The maximum absolute atomic E-state index is 11.9. The van der Waals surface area contributed by atoms with E-state index in [1.54, 1.807) is 28.7 Å². The monoisotopic (exact) mass is 318 g/mol. The van der Waals surface area contributed by atoms with Crippen LogP contribution in [0, 0.1) is 3.57 Å². The number of halogens is 4. The van der Waals surface area contributed by atoms with Crippen molar-refractivity contribution in [3.63, 3.8) is 0 Å². The Labute approximate surface area is 92.1 Å². The Morgan fingerprint density at radius 3 is 2.43 bits per heavy atom. The van der Waals surface area contributed by atoms with Crippen molar-refractivity contribution in [2.45, 2.75) is 6.36 Å². The Hall–Kier alpha value is -0.660. The number of benzene rings is 1. The summed E-state index contributed by atoms with van der Waals surface area (Å²) in [7, 11) is 1.37. The average Bonchev–Trinajstić information content (AvgIpc) is 2.06. The first-order valence-electron chi connectivity index (χ1n) is 3.51. The van der Waals surface area contributed by atoms with Gasteiger partial charge in [-0.25, -0.2) is 0 Å². The van der Waals surface area contributed by atoms with Crippen LogP contribution in [0.5, 0.6) is 11.5 Å². The van der Waals surface area contributed by atoms with Gasteiger partial charge in [0.15, 0.2) is 0 Å². The fraction of sp³-hybridized carbons (Fsp3) is 0.250. The number of hydrogen-bond donors (Lipinski definition) is 0. The van der Waals surface area contributed by atoms with Gasteiger partial charge in [0.2, 0.25) is 0 Å². The Morgan fingerprint density at radius 2 is 1.93 bits per heavy atom. The molecule has 0 fully saturated rings. The molecule has 0 aromatic heterocycles. The summed E-state index contributed by atoms with van der Waals surface area (Å²) < 4.78 is 44.6. The van der Waals surface area contributed by atoms with E-state index in [2.05, 4.69) is 4.74 Å². The van der Waals surface area contributed by atoms with Crippen LogP contribution >= 0.6 is 22.6 Å². The average molecular weight is 318 g/mol. The number of rotatable bonds is 2. The number of hydrogen-bond acceptors (Lipinski definition) is 2. The van der Waals surface area contributed by atoms with E-state index in [0.29, 0.717) is 9.32 Å². The fourth-order valence-corrected chi connectivity index (χ4v) is 1.26. The van der Waals surface area contributed by atoms with Gasteiger partial charge in [0.05, 0.1) is 10.7 Å². The van der Waals surface area contributed by atoms with Crippen LogP contribution in [-0.2, 0) is 0 Å². The standard InChI is InChI=1S/C8H6F3IO2/c1-13-5-2-3-6(12)7(4-5)14-8(9,10)11/h2-4H,1H3. The van der Waals surface area contributed by atoms with Crippen LogP contribution in [0.15, 0.2) is 18.2 Å². The molecule has 0 aliphatic rings. The van der Waals surface area contributed by atoms with Gasteiger partial charge >= 0.3 is 6.36 Å². The molecule has 1 aromatic carbocycles. The third-order valence-corrected chi connectivity index (χ3v) is 2.26. The van der Waals surface area contributed by atoms with Crippen LogP contribution in [0.1, 0.15) is 0 Å². The van der Waals surface area contributed by atoms with Crippen molar-refractivity contribution in [3.05, 3.63) is 21.8 Å². The van der Waals surface area contributed by atoms with E-state index in [9.17, 15) is 13.2 Å². The minimum Gasteiger partial charge on any atom is -0.497 e. The second kappa shape index (κ2) is 4.24. The normalized spacial score (nSPS) is 11.2. The lowest BCUT2D eigenvalue weighted by atomic mass is 10.3. The molecule has 0 radical (unpaired) electrons. The molecule has 0 heterocycles. The molecule has 0 spiro atoms. The number of alkyl halides is 3. The van der Waals surface area contributed by atoms with Crippen molar-refractivity contribution in [1.82, 2.24) is 0 Å². The highest BCUT2D eigenvalue weighted by molar-refractivity contribution is 14.1. The maximum Gasteiger partial charge on any atom is 0.573 e. The van der Waals surface area contributed by atoms with Gasteiger partial charge in [-0.1, -0.05) is 0 Å². The van der Waals surface area contributed by atoms with Gasteiger partial charge in [-0.05, 0) is 34.7 Å². The highest BCUT2D eigenvalue weighted by atomic mass is 127. The SMILES string of the molecule is COc1ccc(I)c(OC(F)(F)F)c1. The molecule has 0 N–H and O–H groups in total. The Bertz CT molecular complexity index is 325. The molecule has 0 saturated carbocycles. The van der Waals surface area contributed by atoms with E-state index in [1.807, 2.05) is 0 Å². The van der Waals surface area contributed by atoms with Crippen molar-refractivity contribution < 1.29 is 22.6 Å². The van der Waals surface area contributed by atoms with Crippen LogP contribution in [0.4, 0.5) is 13.2 Å². The summed E-state index contributed by atoms with van der Waals surface area (Å²) in [6, 6.07) is 4.24. The first-order chi connectivity index (χ1) is 6.42. The van der Waals surface area contributed by atoms with E-state index < -0.39 is 6.36 Å². The molecule has 0 amide bonds. The van der Waals surface area contributed by atoms with Gasteiger partial charge in [-0.15, -0.1) is 13.2 Å². The fourth-order valence-electron chi connectivity index (χ4n) is 0.814. The van der Waals surface area contributed by atoms with Gasteiger partial charge in [0.1, 0.15) is 11.5 Å². The van der Waals surface area contributed by atoms with Gasteiger partial charge in [-0.2, -0.15) is 0 Å². The molecule has 14 heavy (non-hydrogen) atoms. The molecule has 0 saturated heterocycles. The molecule has 0 unspecified atom stereocenters. The van der Waals surface area contributed by atoms with Gasteiger partial charge < -0.3 is 9.47 Å². The lowest BCUT2D eigenvalue weighted by Gasteiger charge is -2.11. The first-order valence-corrected chi connectivity index (χ1v) is 4.59. The summed E-state index contributed by atoms with van der Waals surface area (Å²) >= 11 is 1.75. The van der Waals surface area contributed by atoms with Gasteiger partial charge in [0, 0.05) is 6.07 Å². The van der Waals surface area contributed by atoms with E-state index in [0.717, 1.165) is 0 Å². The molecule has 0 aliphatic carbocycles. The molecule has 6 heteroatoms. The van der Waals surface area contributed by atoms with Gasteiger partial charge in [0.25, 0.3) is 0 Å². The largest absolute Gasteiger partial charge is 0.573 e. The molecule has 0 atom stereocenters. The van der Waals surface area contributed by atoms with Crippen LogP contribution < -0.4 is 9.47 Å². The third kappa shape index (κ3) is 3.24. The van der Waals surface area contributed by atoms with Crippen molar-refractivity contribution in [3.8, 4) is 11.5 Å². The molecular formula is C8H6F3IO2. The highest BCUT2D eigenvalue weighted by Gasteiger charge is 2.32. The Morgan fingerprint density at radius 1 is 1.29 bits per heavy atom. The van der Waals surface area contributed by atoms with Crippen LogP contribution in [0.2, 0.25) is 0 Å². The number of methoxy groups -OCH3 is 1. The van der Waals surface area contributed by atoms with Crippen LogP contribution in [0.3, 0.4) is 0 Å². The molecular weight excluding hydrogens is 312 g/mol.